The Kier molecular flexibility index (Phi) is 4.85. The second kappa shape index (κ2) is 7.54. The molecule has 0 saturated carbocycles. The molecule has 0 spiro atoms. The summed E-state index contributed by atoms with van der Waals surface area (Å²) >= 11 is 0. The molecule has 4 atom stereocenters. The van der Waals surface area contributed by atoms with Crippen LogP contribution >= 0.6 is 0 Å². The van der Waals surface area contributed by atoms with Gasteiger partial charge in [-0.1, -0.05) is 6.08 Å². The zero-order chi connectivity index (χ0) is 20.8. The van der Waals surface area contributed by atoms with E-state index < -0.39 is 24.5 Å². The third-order valence-corrected chi connectivity index (χ3v) is 6.01. The average molecular weight is 412 g/mol. The summed E-state index contributed by atoms with van der Waals surface area (Å²) in [6, 6.07) is 6.17. The number of aliphatic hydroxyl groups is 2. The van der Waals surface area contributed by atoms with Gasteiger partial charge >= 0.3 is 0 Å². The maximum Gasteiger partial charge on any atom is 0.164 e. The van der Waals surface area contributed by atoms with E-state index in [4.69, 9.17) is 4.74 Å². The first-order valence-corrected chi connectivity index (χ1v) is 10.3. The number of fused-ring (bicyclic) bond motifs is 1. The summed E-state index contributed by atoms with van der Waals surface area (Å²) in [5, 5.41) is 22.5. The number of allylic oxidation sites excluding steroid dienone is 2. The van der Waals surface area contributed by atoms with Gasteiger partial charge in [-0.25, -0.2) is 9.38 Å². The number of halogens is 1. The van der Waals surface area contributed by atoms with Crippen LogP contribution in [0.5, 0.6) is 0 Å². The zero-order valence-corrected chi connectivity index (χ0v) is 16.7. The van der Waals surface area contributed by atoms with E-state index in [9.17, 15) is 14.6 Å². The van der Waals surface area contributed by atoms with E-state index in [0.29, 0.717) is 6.54 Å². The number of hydrogen-bond donors (Lipinski definition) is 3. The largest absolute Gasteiger partial charge is 0.388 e. The van der Waals surface area contributed by atoms with Gasteiger partial charge in [0.05, 0.1) is 18.3 Å². The second-order valence-electron chi connectivity index (χ2n) is 8.08. The molecule has 1 fully saturated rings. The van der Waals surface area contributed by atoms with Crippen LogP contribution in [0.4, 0.5) is 15.9 Å². The number of hydrazine groups is 1. The van der Waals surface area contributed by atoms with Crippen molar-refractivity contribution < 1.29 is 19.3 Å². The highest BCUT2D eigenvalue weighted by Crippen LogP contribution is 2.42. The van der Waals surface area contributed by atoms with Gasteiger partial charge in [-0.05, 0) is 56.0 Å². The second-order valence-corrected chi connectivity index (χ2v) is 8.08. The monoisotopic (exact) mass is 412 g/mol. The van der Waals surface area contributed by atoms with Crippen LogP contribution in [-0.4, -0.2) is 44.4 Å². The molecule has 2 aliphatic heterocycles. The molecular weight excluding hydrogens is 387 g/mol. The first-order chi connectivity index (χ1) is 14.5. The molecule has 158 valence electrons. The highest BCUT2D eigenvalue weighted by Gasteiger charge is 2.43. The lowest BCUT2D eigenvalue weighted by molar-refractivity contribution is -0.0309. The van der Waals surface area contributed by atoms with Crippen LogP contribution in [0.15, 0.2) is 41.5 Å². The van der Waals surface area contributed by atoms with Crippen LogP contribution in [0.1, 0.15) is 43.5 Å². The van der Waals surface area contributed by atoms with E-state index in [1.54, 1.807) is 25.4 Å². The van der Waals surface area contributed by atoms with Crippen molar-refractivity contribution in [3.05, 3.63) is 53.5 Å². The van der Waals surface area contributed by atoms with Crippen molar-refractivity contribution in [3.8, 4) is 0 Å². The third kappa shape index (κ3) is 3.30. The minimum absolute atomic E-state index is 0.283. The first-order valence-electron chi connectivity index (χ1n) is 10.3. The number of ether oxygens (including phenoxy) is 1. The van der Waals surface area contributed by atoms with Crippen molar-refractivity contribution in [1.29, 1.82) is 0 Å². The molecule has 1 aromatic heterocycles. The molecule has 5 rings (SSSR count). The van der Waals surface area contributed by atoms with Crippen molar-refractivity contribution >= 4 is 23.4 Å². The lowest BCUT2D eigenvalue weighted by Crippen LogP contribution is -2.31. The molecule has 0 radical (unpaired) electrons. The van der Waals surface area contributed by atoms with Crippen molar-refractivity contribution in [1.82, 2.24) is 9.58 Å². The number of nitrogens with one attached hydrogen (secondary N) is 1. The Bertz CT molecular complexity index is 1000. The lowest BCUT2D eigenvalue weighted by Gasteiger charge is -2.26. The molecule has 3 N–H and O–H groups in total. The number of benzene rings is 1. The minimum Gasteiger partial charge on any atom is -0.388 e. The van der Waals surface area contributed by atoms with E-state index in [-0.39, 0.29) is 5.82 Å². The van der Waals surface area contributed by atoms with Gasteiger partial charge in [0.25, 0.3) is 0 Å². The fraction of sp³-hybridized carbons (Fsp3) is 0.409. The number of rotatable bonds is 4. The van der Waals surface area contributed by atoms with E-state index in [0.717, 1.165) is 41.9 Å². The molecule has 3 heterocycles. The van der Waals surface area contributed by atoms with E-state index in [1.807, 2.05) is 15.8 Å². The number of aliphatic hydroxyl groups excluding tert-OH is 2. The molecule has 1 saturated heterocycles. The van der Waals surface area contributed by atoms with Crippen LogP contribution in [-0.2, 0) is 11.3 Å². The Morgan fingerprint density at radius 3 is 2.67 bits per heavy atom. The molecule has 1 aromatic carbocycles. The third-order valence-electron chi connectivity index (χ3n) is 6.01. The molecule has 1 aliphatic carbocycles. The van der Waals surface area contributed by atoms with Crippen LogP contribution in [0.25, 0.3) is 5.57 Å². The Morgan fingerprint density at radius 2 is 2.00 bits per heavy atom. The summed E-state index contributed by atoms with van der Waals surface area (Å²) < 4.78 is 20.9. The van der Waals surface area contributed by atoms with E-state index in [2.05, 4.69) is 16.5 Å². The number of nitrogens with zero attached hydrogens (tertiary/aromatic N) is 3. The standard InChI is InChI=1S/C22H25FN4O3/c1-13-19(28)20(29)22(30-13)27-11-17(14-4-2-3-5-14)18-10-26(12-24-21(18)27)25-16-8-6-15(23)7-9-16/h4,6-9,11-13,19-20,22,25,28-29H,2-3,5,10H2,1H3/t13-,19-,20-,22-/m1/s1. The Morgan fingerprint density at radius 1 is 1.20 bits per heavy atom. The fourth-order valence-electron chi connectivity index (χ4n) is 4.39. The van der Waals surface area contributed by atoms with Gasteiger partial charge in [0, 0.05) is 17.3 Å². The smallest absolute Gasteiger partial charge is 0.164 e. The van der Waals surface area contributed by atoms with Crippen LogP contribution in [0.3, 0.4) is 0 Å². The maximum absolute atomic E-state index is 13.2. The topological polar surface area (TPSA) is 82.2 Å². The number of hydrogen-bond acceptors (Lipinski definition) is 6. The van der Waals surface area contributed by atoms with E-state index in [1.165, 1.54) is 17.7 Å². The molecule has 7 nitrogen and oxygen atoms in total. The molecule has 0 unspecified atom stereocenters. The van der Waals surface area contributed by atoms with Gasteiger partial charge < -0.3 is 19.5 Å². The van der Waals surface area contributed by atoms with Crippen LogP contribution in [0.2, 0.25) is 0 Å². The highest BCUT2D eigenvalue weighted by atomic mass is 19.1. The summed E-state index contributed by atoms with van der Waals surface area (Å²) in [4.78, 5) is 4.64. The number of anilines is 1. The average Bonchev–Trinajstić information content (AvgIpc) is 3.45. The molecular formula is C22H25FN4O3. The van der Waals surface area contributed by atoms with Crippen LogP contribution < -0.4 is 5.43 Å². The van der Waals surface area contributed by atoms with Crippen molar-refractivity contribution in [2.45, 2.75) is 57.3 Å². The molecule has 3 aliphatic rings. The van der Waals surface area contributed by atoms with Gasteiger partial charge in [-0.2, -0.15) is 0 Å². The summed E-state index contributed by atoms with van der Waals surface area (Å²) in [5.41, 5.74) is 7.39. The summed E-state index contributed by atoms with van der Waals surface area (Å²) in [7, 11) is 0. The molecule has 30 heavy (non-hydrogen) atoms. The SMILES string of the molecule is C[C@H]1O[C@@H](n2cc(C3=CCCC3)c3c2N=CN(Nc2ccc(F)cc2)C3)[C@H](O)[C@@H]1O. The van der Waals surface area contributed by atoms with Crippen molar-refractivity contribution in [3.63, 3.8) is 0 Å². The van der Waals surface area contributed by atoms with Gasteiger partial charge in [0.15, 0.2) is 6.23 Å². The number of aromatic nitrogens is 1. The lowest BCUT2D eigenvalue weighted by atomic mass is 10.0. The van der Waals surface area contributed by atoms with Gasteiger partial charge in [0.1, 0.15) is 30.2 Å². The minimum atomic E-state index is -1.02. The Balaban J connectivity index is 1.48. The van der Waals surface area contributed by atoms with Gasteiger partial charge in [-0.3, -0.25) is 10.4 Å². The summed E-state index contributed by atoms with van der Waals surface area (Å²) in [6.07, 6.45) is 5.98. The predicted octanol–water partition coefficient (Wildman–Crippen LogP) is 3.34. The van der Waals surface area contributed by atoms with E-state index >= 15 is 0 Å². The van der Waals surface area contributed by atoms with Gasteiger partial charge in [-0.15, -0.1) is 0 Å². The highest BCUT2D eigenvalue weighted by molar-refractivity contribution is 5.77. The quantitative estimate of drug-likeness (QED) is 0.718. The zero-order valence-electron chi connectivity index (χ0n) is 16.7. The maximum atomic E-state index is 13.2. The predicted molar refractivity (Wildman–Crippen MR) is 112 cm³/mol. The molecule has 2 aromatic rings. The normalized spacial score (nSPS) is 28.0. The fourth-order valence-corrected chi connectivity index (χ4v) is 4.39. The Labute approximate surface area is 174 Å². The summed E-state index contributed by atoms with van der Waals surface area (Å²) in [6.45, 7) is 2.30. The first kappa shape index (κ1) is 19.3. The Hall–Kier alpha value is -2.68. The van der Waals surface area contributed by atoms with Crippen molar-refractivity contribution in [2.24, 2.45) is 4.99 Å². The summed E-state index contributed by atoms with van der Waals surface area (Å²) in [5.74, 6) is 0.439. The molecule has 0 amide bonds. The molecule has 8 heteroatoms. The van der Waals surface area contributed by atoms with Crippen LogP contribution in [0, 0.1) is 5.82 Å². The van der Waals surface area contributed by atoms with Gasteiger partial charge in [0.2, 0.25) is 0 Å². The number of aliphatic imine (C=N–C) groups is 1. The van der Waals surface area contributed by atoms with Crippen molar-refractivity contribution in [2.75, 3.05) is 5.43 Å². The molecule has 0 bridgehead atoms.